The number of allylic oxidation sites excluding steroid dienone is 2. The van der Waals surface area contributed by atoms with Crippen molar-refractivity contribution in [2.75, 3.05) is 11.9 Å². The van der Waals surface area contributed by atoms with E-state index in [0.29, 0.717) is 35.5 Å². The molecule has 3 heterocycles. The van der Waals surface area contributed by atoms with Crippen LogP contribution in [0, 0.1) is 11.7 Å². The number of benzene rings is 1. The molecule has 0 radical (unpaired) electrons. The molecule has 2 aliphatic carbocycles. The lowest BCUT2D eigenvalue weighted by molar-refractivity contribution is -0.113. The van der Waals surface area contributed by atoms with E-state index in [1.807, 2.05) is 22.9 Å². The van der Waals surface area contributed by atoms with Gasteiger partial charge in [0.2, 0.25) is 0 Å². The molecule has 2 fully saturated rings. The fraction of sp³-hybridized carbons (Fsp3) is 0.308. The van der Waals surface area contributed by atoms with E-state index in [1.54, 1.807) is 30.6 Å². The largest absolute Gasteiger partial charge is 0.377 e. The van der Waals surface area contributed by atoms with E-state index in [1.165, 1.54) is 25.7 Å². The number of rotatable bonds is 7. The van der Waals surface area contributed by atoms with Crippen molar-refractivity contribution >= 4 is 17.2 Å². The molecule has 1 aromatic carbocycles. The number of carbonyl (C=O) groups is 1. The molecule has 2 N–H and O–H groups in total. The summed E-state index contributed by atoms with van der Waals surface area (Å²) < 4.78 is 17.3. The zero-order chi connectivity index (χ0) is 23.1. The van der Waals surface area contributed by atoms with Crippen LogP contribution in [-0.2, 0) is 11.3 Å². The maximum Gasteiger partial charge on any atom is 0.271 e. The van der Waals surface area contributed by atoms with Crippen molar-refractivity contribution in [1.29, 1.82) is 0 Å². The number of hydrogen-bond donors (Lipinski definition) is 2. The third kappa shape index (κ3) is 4.23. The highest BCUT2D eigenvalue weighted by Crippen LogP contribution is 2.39. The second-order valence-electron chi connectivity index (χ2n) is 9.22. The first-order chi connectivity index (χ1) is 16.7. The summed E-state index contributed by atoms with van der Waals surface area (Å²) in [5.41, 5.74) is 3.82. The normalized spacial score (nSPS) is 17.6. The first-order valence-electron chi connectivity index (χ1n) is 11.8. The van der Waals surface area contributed by atoms with Gasteiger partial charge in [0.25, 0.3) is 5.91 Å². The Morgan fingerprint density at radius 2 is 2.06 bits per heavy atom. The fourth-order valence-electron chi connectivity index (χ4n) is 4.25. The first-order valence-corrected chi connectivity index (χ1v) is 11.8. The molecule has 6 rings (SSSR count). The van der Waals surface area contributed by atoms with Crippen molar-refractivity contribution in [2.24, 2.45) is 5.92 Å². The number of hydrogen-bond acceptors (Lipinski definition) is 5. The molecule has 2 saturated carbocycles. The molecule has 1 aliphatic heterocycles. The maximum atomic E-state index is 15.4. The highest BCUT2D eigenvalue weighted by atomic mass is 19.1. The van der Waals surface area contributed by atoms with E-state index >= 15 is 4.39 Å². The Labute approximate surface area is 196 Å². The van der Waals surface area contributed by atoms with E-state index in [-0.39, 0.29) is 5.69 Å². The number of nitrogens with one attached hydrogen (secondary N) is 2. The van der Waals surface area contributed by atoms with Gasteiger partial charge in [-0.25, -0.2) is 4.39 Å². The van der Waals surface area contributed by atoms with Gasteiger partial charge in [-0.05, 0) is 67.0 Å². The number of aromatic nitrogens is 4. The summed E-state index contributed by atoms with van der Waals surface area (Å²) in [6.45, 7) is 1.28. The summed E-state index contributed by atoms with van der Waals surface area (Å²) in [6, 6.07) is 9.04. The quantitative estimate of drug-likeness (QED) is 0.555. The van der Waals surface area contributed by atoms with Gasteiger partial charge in [0.15, 0.2) is 11.6 Å². The van der Waals surface area contributed by atoms with Crippen molar-refractivity contribution in [2.45, 2.75) is 38.1 Å². The summed E-state index contributed by atoms with van der Waals surface area (Å²) in [4.78, 5) is 17.6. The van der Waals surface area contributed by atoms with E-state index in [9.17, 15) is 4.79 Å². The third-order valence-electron chi connectivity index (χ3n) is 6.53. The summed E-state index contributed by atoms with van der Waals surface area (Å²) >= 11 is 0. The zero-order valence-electron chi connectivity index (χ0n) is 18.7. The zero-order valence-corrected chi connectivity index (χ0v) is 18.7. The minimum Gasteiger partial charge on any atom is -0.377 e. The lowest BCUT2D eigenvalue weighted by atomic mass is 10.0. The van der Waals surface area contributed by atoms with Crippen molar-refractivity contribution in [1.82, 2.24) is 25.1 Å². The Balaban J connectivity index is 1.20. The average Bonchev–Trinajstić information content (AvgIpc) is 3.80. The Kier molecular flexibility index (Phi) is 5.20. The maximum absolute atomic E-state index is 15.4. The topological polar surface area (TPSA) is 84.7 Å². The number of pyridine rings is 1. The Hall–Kier alpha value is -3.81. The number of carbonyl (C=O) groups excluding carboxylic acids is 1. The number of halogens is 1. The van der Waals surface area contributed by atoms with Crippen LogP contribution in [0.25, 0.3) is 17.0 Å². The molecule has 7 nitrogen and oxygen atoms in total. The highest BCUT2D eigenvalue weighted by Gasteiger charge is 2.26. The Morgan fingerprint density at radius 1 is 1.18 bits per heavy atom. The third-order valence-corrected chi connectivity index (χ3v) is 6.53. The minimum atomic E-state index is -0.520. The number of anilines is 1. The van der Waals surface area contributed by atoms with Crippen molar-refractivity contribution < 1.29 is 9.18 Å². The van der Waals surface area contributed by atoms with Crippen LogP contribution in [0.5, 0.6) is 0 Å². The molecular weight excluding hydrogens is 431 g/mol. The lowest BCUT2D eigenvalue weighted by Gasteiger charge is -2.17. The second kappa shape index (κ2) is 8.52. The molecule has 0 unspecified atom stereocenters. The molecule has 34 heavy (non-hydrogen) atoms. The SMILES string of the molecule is O=C(Nc1cccc(-c2nncn2CC2CC2)c1F)C1=CC(c2ccc(C3CC3)nc2)=CCN1. The lowest BCUT2D eigenvalue weighted by Crippen LogP contribution is -2.28. The monoisotopic (exact) mass is 456 g/mol. The van der Waals surface area contributed by atoms with Gasteiger partial charge in [-0.15, -0.1) is 10.2 Å². The van der Waals surface area contributed by atoms with Crippen LogP contribution in [0.3, 0.4) is 0 Å². The van der Waals surface area contributed by atoms with Gasteiger partial charge >= 0.3 is 0 Å². The van der Waals surface area contributed by atoms with Crippen molar-refractivity contribution in [3.63, 3.8) is 0 Å². The van der Waals surface area contributed by atoms with E-state index < -0.39 is 11.7 Å². The van der Waals surface area contributed by atoms with E-state index in [0.717, 1.165) is 23.4 Å². The summed E-state index contributed by atoms with van der Waals surface area (Å²) in [5, 5.41) is 13.9. The molecule has 3 aromatic rings. The second-order valence-corrected chi connectivity index (χ2v) is 9.22. The number of amides is 1. The number of nitrogens with zero attached hydrogens (tertiary/aromatic N) is 4. The van der Waals surface area contributed by atoms with Gasteiger partial charge in [-0.2, -0.15) is 0 Å². The van der Waals surface area contributed by atoms with Crippen LogP contribution in [0.2, 0.25) is 0 Å². The number of dihydropyridines is 1. The Bertz CT molecular complexity index is 1300. The fourth-order valence-corrected chi connectivity index (χ4v) is 4.25. The average molecular weight is 457 g/mol. The van der Waals surface area contributed by atoms with Crippen molar-refractivity contribution in [3.05, 3.63) is 77.8 Å². The molecule has 0 atom stereocenters. The molecule has 0 spiro atoms. The predicted octanol–water partition coefficient (Wildman–Crippen LogP) is 4.28. The van der Waals surface area contributed by atoms with Gasteiger partial charge in [-0.3, -0.25) is 9.78 Å². The van der Waals surface area contributed by atoms with Gasteiger partial charge < -0.3 is 15.2 Å². The van der Waals surface area contributed by atoms with Gasteiger partial charge in [0.1, 0.15) is 12.0 Å². The van der Waals surface area contributed by atoms with Crippen LogP contribution in [-0.4, -0.2) is 32.2 Å². The predicted molar refractivity (Wildman–Crippen MR) is 127 cm³/mol. The molecule has 172 valence electrons. The highest BCUT2D eigenvalue weighted by molar-refractivity contribution is 6.05. The molecule has 3 aliphatic rings. The molecule has 0 saturated heterocycles. The van der Waals surface area contributed by atoms with Crippen LogP contribution < -0.4 is 10.6 Å². The summed E-state index contributed by atoms with van der Waals surface area (Å²) in [7, 11) is 0. The van der Waals surface area contributed by atoms with Crippen molar-refractivity contribution in [3.8, 4) is 11.4 Å². The van der Waals surface area contributed by atoms with Gasteiger partial charge in [0, 0.05) is 30.9 Å². The smallest absolute Gasteiger partial charge is 0.271 e. The molecule has 1 amide bonds. The van der Waals surface area contributed by atoms with Crippen LogP contribution >= 0.6 is 0 Å². The molecule has 2 aromatic heterocycles. The van der Waals surface area contributed by atoms with Crippen LogP contribution in [0.15, 0.2) is 60.7 Å². The standard InChI is InChI=1S/C26H25FN6O/c27-24-20(25-32-30-15-33(25)14-16-4-5-16)2-1-3-22(24)31-26(34)23-12-18(10-11-28-23)19-8-9-21(29-13-19)17-6-7-17/h1-3,8-10,12-13,15-17,28H,4-7,11,14H2,(H,31,34). The summed E-state index contributed by atoms with van der Waals surface area (Å²) in [5.74, 6) is 0.757. The first kappa shape index (κ1) is 20.8. The molecule has 8 heteroatoms. The van der Waals surface area contributed by atoms with Gasteiger partial charge in [-0.1, -0.05) is 18.2 Å². The van der Waals surface area contributed by atoms with Crippen LogP contribution in [0.4, 0.5) is 10.1 Å². The van der Waals surface area contributed by atoms with E-state index in [4.69, 9.17) is 0 Å². The molecular formula is C26H25FN6O. The minimum absolute atomic E-state index is 0.109. The summed E-state index contributed by atoms with van der Waals surface area (Å²) in [6.07, 6.45) is 12.1. The van der Waals surface area contributed by atoms with Crippen LogP contribution in [0.1, 0.15) is 42.9 Å². The van der Waals surface area contributed by atoms with E-state index in [2.05, 4.69) is 31.9 Å². The van der Waals surface area contributed by atoms with Gasteiger partial charge in [0.05, 0.1) is 11.3 Å². The Morgan fingerprint density at radius 3 is 2.82 bits per heavy atom. The molecule has 0 bridgehead atoms.